The molecule has 0 aliphatic heterocycles. The predicted octanol–water partition coefficient (Wildman–Crippen LogP) is 1.48. The Hall–Kier alpha value is -1.66. The van der Waals surface area contributed by atoms with Crippen LogP contribution in [0.15, 0.2) is 12.4 Å². The van der Waals surface area contributed by atoms with Crippen LogP contribution in [0.1, 0.15) is 12.6 Å². The monoisotopic (exact) mass is 219 g/mol. The first kappa shape index (κ1) is 11.4. The van der Waals surface area contributed by atoms with E-state index in [4.69, 9.17) is 0 Å². The predicted molar refractivity (Wildman–Crippen MR) is 46.1 cm³/mol. The van der Waals surface area contributed by atoms with E-state index in [1.807, 2.05) is 0 Å². The van der Waals surface area contributed by atoms with Gasteiger partial charge in [0.05, 0.1) is 12.4 Å². The van der Waals surface area contributed by atoms with Gasteiger partial charge in [-0.1, -0.05) is 0 Å². The fourth-order valence-electron chi connectivity index (χ4n) is 0.802. The maximum Gasteiger partial charge on any atom is 0.434 e. The number of amides is 1. The maximum absolute atomic E-state index is 12.1. The van der Waals surface area contributed by atoms with Crippen molar-refractivity contribution in [3.8, 4) is 0 Å². The van der Waals surface area contributed by atoms with E-state index in [1.165, 1.54) is 14.0 Å². The molecule has 0 N–H and O–H groups in total. The Labute approximate surface area is 83.7 Å². The molecule has 0 aliphatic carbocycles. The molecule has 4 nitrogen and oxygen atoms in total. The van der Waals surface area contributed by atoms with Gasteiger partial charge < -0.3 is 0 Å². The molecule has 0 radical (unpaired) electrons. The van der Waals surface area contributed by atoms with Gasteiger partial charge in [-0.25, -0.2) is 9.97 Å². The number of rotatable bonds is 1. The zero-order chi connectivity index (χ0) is 11.6. The Morgan fingerprint density at radius 3 is 2.27 bits per heavy atom. The second-order valence-electron chi connectivity index (χ2n) is 2.84. The van der Waals surface area contributed by atoms with Crippen molar-refractivity contribution in [3.63, 3.8) is 0 Å². The molecule has 0 spiro atoms. The summed E-state index contributed by atoms with van der Waals surface area (Å²) in [6, 6.07) is 0. The van der Waals surface area contributed by atoms with Crippen LogP contribution in [-0.2, 0) is 11.0 Å². The second kappa shape index (κ2) is 3.84. The minimum absolute atomic E-state index is 0.0792. The summed E-state index contributed by atoms with van der Waals surface area (Å²) in [5.41, 5.74) is -1.08. The van der Waals surface area contributed by atoms with Crippen molar-refractivity contribution in [2.75, 3.05) is 11.9 Å². The number of aromatic nitrogens is 2. The SMILES string of the molecule is CC(=O)N(C)c1cnc(C(F)(F)F)cn1. The number of hydrogen-bond donors (Lipinski definition) is 0. The van der Waals surface area contributed by atoms with E-state index in [0.717, 1.165) is 11.1 Å². The van der Waals surface area contributed by atoms with Crippen LogP contribution in [0.25, 0.3) is 0 Å². The third kappa shape index (κ3) is 2.64. The van der Waals surface area contributed by atoms with E-state index < -0.39 is 11.9 Å². The average molecular weight is 219 g/mol. The Morgan fingerprint density at radius 2 is 1.93 bits per heavy atom. The normalized spacial score (nSPS) is 11.3. The highest BCUT2D eigenvalue weighted by Crippen LogP contribution is 2.27. The molecular formula is C8H8F3N3O. The molecule has 15 heavy (non-hydrogen) atoms. The number of alkyl halides is 3. The number of carbonyl (C=O) groups is 1. The summed E-state index contributed by atoms with van der Waals surface area (Å²) in [6.45, 7) is 1.28. The van der Waals surface area contributed by atoms with E-state index in [0.29, 0.717) is 6.20 Å². The summed E-state index contributed by atoms with van der Waals surface area (Å²) in [7, 11) is 1.40. The number of halogens is 3. The molecule has 1 heterocycles. The second-order valence-corrected chi connectivity index (χ2v) is 2.84. The molecule has 0 fully saturated rings. The number of nitrogens with zero attached hydrogens (tertiary/aromatic N) is 3. The van der Waals surface area contributed by atoms with Gasteiger partial charge >= 0.3 is 6.18 Å². The Kier molecular flexibility index (Phi) is 2.92. The van der Waals surface area contributed by atoms with Gasteiger partial charge in [0.25, 0.3) is 0 Å². The molecule has 82 valence electrons. The molecule has 0 atom stereocenters. The van der Waals surface area contributed by atoms with Crippen molar-refractivity contribution >= 4 is 11.7 Å². The van der Waals surface area contributed by atoms with E-state index >= 15 is 0 Å². The van der Waals surface area contributed by atoms with Crippen molar-refractivity contribution in [2.24, 2.45) is 0 Å². The van der Waals surface area contributed by atoms with Crippen LogP contribution in [0.3, 0.4) is 0 Å². The quantitative estimate of drug-likeness (QED) is 0.718. The van der Waals surface area contributed by atoms with E-state index in [9.17, 15) is 18.0 Å². The minimum Gasteiger partial charge on any atom is -0.299 e. The molecule has 1 rings (SSSR count). The van der Waals surface area contributed by atoms with E-state index in [1.54, 1.807) is 0 Å². The van der Waals surface area contributed by atoms with Gasteiger partial charge in [-0.3, -0.25) is 9.69 Å². The highest BCUT2D eigenvalue weighted by molar-refractivity contribution is 5.89. The van der Waals surface area contributed by atoms with Crippen molar-refractivity contribution in [1.29, 1.82) is 0 Å². The molecule has 1 aromatic heterocycles. The zero-order valence-electron chi connectivity index (χ0n) is 8.04. The van der Waals surface area contributed by atoms with Crippen LogP contribution in [0, 0.1) is 0 Å². The number of carbonyl (C=O) groups excluding carboxylic acids is 1. The van der Waals surface area contributed by atoms with Crippen molar-refractivity contribution in [1.82, 2.24) is 9.97 Å². The van der Waals surface area contributed by atoms with Crippen molar-refractivity contribution in [3.05, 3.63) is 18.1 Å². The standard InChI is InChI=1S/C8H8F3N3O/c1-5(15)14(2)7-4-12-6(3-13-7)8(9,10)11/h3-4H,1-2H3. The van der Waals surface area contributed by atoms with Gasteiger partial charge in [-0.2, -0.15) is 13.2 Å². The lowest BCUT2D eigenvalue weighted by Crippen LogP contribution is -2.24. The van der Waals surface area contributed by atoms with Crippen LogP contribution < -0.4 is 4.90 Å². The Balaban J connectivity index is 2.95. The Bertz CT molecular complexity index is 360. The third-order valence-electron chi connectivity index (χ3n) is 1.74. The topological polar surface area (TPSA) is 46.1 Å². The van der Waals surface area contributed by atoms with Crippen LogP contribution in [0.5, 0.6) is 0 Å². The van der Waals surface area contributed by atoms with Crippen LogP contribution >= 0.6 is 0 Å². The summed E-state index contributed by atoms with van der Waals surface area (Å²) in [5, 5.41) is 0. The summed E-state index contributed by atoms with van der Waals surface area (Å²) in [5.74, 6) is -0.250. The maximum atomic E-state index is 12.1. The van der Waals surface area contributed by atoms with Crippen molar-refractivity contribution in [2.45, 2.75) is 13.1 Å². The van der Waals surface area contributed by atoms with Gasteiger partial charge in [0.1, 0.15) is 0 Å². The number of hydrogen-bond acceptors (Lipinski definition) is 3. The first-order chi connectivity index (χ1) is 6.82. The molecule has 0 aromatic carbocycles. The lowest BCUT2D eigenvalue weighted by atomic mass is 10.4. The lowest BCUT2D eigenvalue weighted by molar-refractivity contribution is -0.141. The molecule has 0 saturated heterocycles. The molecule has 0 aliphatic rings. The third-order valence-corrected chi connectivity index (χ3v) is 1.74. The van der Waals surface area contributed by atoms with Crippen LogP contribution in [-0.4, -0.2) is 22.9 Å². The molecule has 0 unspecified atom stereocenters. The molecular weight excluding hydrogens is 211 g/mol. The molecule has 0 bridgehead atoms. The highest BCUT2D eigenvalue weighted by atomic mass is 19.4. The fourth-order valence-corrected chi connectivity index (χ4v) is 0.802. The van der Waals surface area contributed by atoms with Gasteiger partial charge in [0.2, 0.25) is 5.91 Å². The zero-order valence-corrected chi connectivity index (χ0v) is 8.04. The van der Waals surface area contributed by atoms with Gasteiger partial charge in [-0.15, -0.1) is 0 Å². The molecule has 0 saturated carbocycles. The highest BCUT2D eigenvalue weighted by Gasteiger charge is 2.32. The summed E-state index contributed by atoms with van der Waals surface area (Å²) in [4.78, 5) is 18.6. The van der Waals surface area contributed by atoms with Gasteiger partial charge in [0, 0.05) is 14.0 Å². The lowest BCUT2D eigenvalue weighted by Gasteiger charge is -2.13. The molecule has 1 amide bonds. The largest absolute Gasteiger partial charge is 0.434 e. The summed E-state index contributed by atoms with van der Waals surface area (Å²) >= 11 is 0. The fraction of sp³-hybridized carbons (Fsp3) is 0.375. The van der Waals surface area contributed by atoms with Crippen LogP contribution in [0.4, 0.5) is 19.0 Å². The van der Waals surface area contributed by atoms with Gasteiger partial charge in [-0.05, 0) is 0 Å². The van der Waals surface area contributed by atoms with E-state index in [-0.39, 0.29) is 11.7 Å². The average Bonchev–Trinajstić information content (AvgIpc) is 2.15. The number of anilines is 1. The first-order valence-electron chi connectivity index (χ1n) is 3.96. The summed E-state index contributed by atoms with van der Waals surface area (Å²) < 4.78 is 36.3. The first-order valence-corrected chi connectivity index (χ1v) is 3.96. The molecule has 7 heteroatoms. The van der Waals surface area contributed by atoms with E-state index in [2.05, 4.69) is 9.97 Å². The smallest absolute Gasteiger partial charge is 0.299 e. The van der Waals surface area contributed by atoms with Crippen LogP contribution in [0.2, 0.25) is 0 Å². The minimum atomic E-state index is -4.51. The van der Waals surface area contributed by atoms with Crippen molar-refractivity contribution < 1.29 is 18.0 Å². The Morgan fingerprint density at radius 1 is 1.33 bits per heavy atom. The summed E-state index contributed by atoms with van der Waals surface area (Å²) in [6.07, 6.45) is -3.01. The molecule has 1 aromatic rings. The van der Waals surface area contributed by atoms with Gasteiger partial charge in [0.15, 0.2) is 11.5 Å².